The second-order valence-electron chi connectivity index (χ2n) is 13.1. The van der Waals surface area contributed by atoms with E-state index >= 15 is 0 Å². The number of carbonyl (C=O) groups excluding carboxylic acids is 3. The summed E-state index contributed by atoms with van der Waals surface area (Å²) in [7, 11) is 0. The average Bonchev–Trinajstić information content (AvgIpc) is 3.31. The fourth-order valence-electron chi connectivity index (χ4n) is 8.80. The van der Waals surface area contributed by atoms with Crippen LogP contribution in [0.3, 0.4) is 0 Å². The van der Waals surface area contributed by atoms with Crippen LogP contribution < -0.4 is 4.90 Å². The maximum absolute atomic E-state index is 13.6. The van der Waals surface area contributed by atoms with E-state index in [1.165, 1.54) is 24.0 Å². The molecule has 9 heteroatoms. The number of halogens is 3. The maximum Gasteiger partial charge on any atom is 0.457 e. The first-order valence-corrected chi connectivity index (χ1v) is 15.6. The molecule has 0 radical (unpaired) electrons. The molecule has 5 atom stereocenters. The van der Waals surface area contributed by atoms with Crippen molar-refractivity contribution in [1.29, 1.82) is 0 Å². The molecule has 2 saturated carbocycles. The van der Waals surface area contributed by atoms with Crippen molar-refractivity contribution in [2.45, 2.75) is 70.9 Å². The number of fused-ring (bicyclic) bond motifs is 4. The average molecular weight is 610 g/mol. The number of ether oxygens (including phenoxy) is 2. The van der Waals surface area contributed by atoms with Gasteiger partial charge < -0.3 is 14.4 Å². The Morgan fingerprint density at radius 3 is 2.50 bits per heavy atom. The Labute approximate surface area is 256 Å². The minimum absolute atomic E-state index is 0.0343. The van der Waals surface area contributed by atoms with Crippen LogP contribution in [0.15, 0.2) is 47.1 Å². The van der Waals surface area contributed by atoms with Crippen LogP contribution in [-0.2, 0) is 23.9 Å². The molecular weight excluding hydrogens is 571 g/mol. The lowest BCUT2D eigenvalue weighted by molar-refractivity contribution is -0.150. The summed E-state index contributed by atoms with van der Waals surface area (Å²) in [6.07, 6.45) is 1.12. The van der Waals surface area contributed by atoms with Gasteiger partial charge in [-0.15, -0.1) is 0 Å². The first-order chi connectivity index (χ1) is 20.9. The minimum Gasteiger partial charge on any atom is -0.458 e. The van der Waals surface area contributed by atoms with Crippen molar-refractivity contribution >= 4 is 23.2 Å². The molecule has 0 bridgehead atoms. The van der Waals surface area contributed by atoms with Crippen molar-refractivity contribution < 1.29 is 37.0 Å². The molecule has 6 nitrogen and oxygen atoms in total. The molecule has 1 heterocycles. The van der Waals surface area contributed by atoms with Gasteiger partial charge in [-0.25, -0.2) is 0 Å². The van der Waals surface area contributed by atoms with Gasteiger partial charge in [0.2, 0.25) is 0 Å². The van der Waals surface area contributed by atoms with Crippen LogP contribution in [0.25, 0.3) is 0 Å². The fourth-order valence-corrected chi connectivity index (χ4v) is 8.80. The third kappa shape index (κ3) is 5.40. The number of esters is 1. The number of ketones is 2. The van der Waals surface area contributed by atoms with Crippen LogP contribution in [-0.4, -0.2) is 56.6 Å². The summed E-state index contributed by atoms with van der Waals surface area (Å²) in [5.74, 6) is 2.54. The van der Waals surface area contributed by atoms with E-state index in [0.29, 0.717) is 38.9 Å². The van der Waals surface area contributed by atoms with Crippen molar-refractivity contribution in [3.63, 3.8) is 0 Å². The smallest absolute Gasteiger partial charge is 0.457 e. The molecule has 3 fully saturated rings. The van der Waals surface area contributed by atoms with E-state index in [0.717, 1.165) is 42.8 Å². The summed E-state index contributed by atoms with van der Waals surface area (Å²) < 4.78 is 50.5. The monoisotopic (exact) mass is 609 g/mol. The van der Waals surface area contributed by atoms with Crippen molar-refractivity contribution in [3.8, 4) is 11.8 Å². The quantitative estimate of drug-likeness (QED) is 0.297. The number of nitrogens with zero attached hydrogens (tertiary/aromatic N) is 1. The van der Waals surface area contributed by atoms with Crippen LogP contribution >= 0.6 is 0 Å². The highest BCUT2D eigenvalue weighted by atomic mass is 19.4. The molecule has 234 valence electrons. The van der Waals surface area contributed by atoms with Gasteiger partial charge in [0.15, 0.2) is 18.2 Å². The molecule has 0 amide bonds. The summed E-state index contributed by atoms with van der Waals surface area (Å²) in [6.45, 7) is 5.58. The van der Waals surface area contributed by atoms with Gasteiger partial charge in [0.05, 0.1) is 24.5 Å². The molecule has 1 saturated heterocycles. The third-order valence-corrected chi connectivity index (χ3v) is 11.0. The standard InChI is InChI=1S/C35H38F3NO5/c1-22(40)44-21-32(42)34(13-14-35(36,37)38)12-10-30-27-8-5-24-19-31(41)29(20-28(24)26(27)9-11-33(30,34)2)23-3-6-25(7-4-23)39-15-17-43-18-16-39/h3-4,6-7,19,27,29-30H,5,8-12,15-18,20-21H2,1-2H3/t27-,29?,30+,33+,34+/m1/s1. The molecular formula is C35H38F3NO5. The van der Waals surface area contributed by atoms with Gasteiger partial charge in [-0.1, -0.05) is 30.6 Å². The molecule has 0 aromatic heterocycles. The highest BCUT2D eigenvalue weighted by Crippen LogP contribution is 2.67. The Hall–Kier alpha value is -3.38. The summed E-state index contributed by atoms with van der Waals surface area (Å²) in [5, 5.41) is 0. The Morgan fingerprint density at radius 2 is 1.82 bits per heavy atom. The van der Waals surface area contributed by atoms with E-state index in [1.54, 1.807) is 0 Å². The molecule has 1 aromatic rings. The number of Topliss-reactive ketones (excluding diaryl/α,β-unsaturated/α-hetero) is 1. The van der Waals surface area contributed by atoms with Gasteiger partial charge >= 0.3 is 12.1 Å². The largest absolute Gasteiger partial charge is 0.458 e. The Morgan fingerprint density at radius 1 is 1.09 bits per heavy atom. The van der Waals surface area contributed by atoms with Crippen molar-refractivity contribution in [2.75, 3.05) is 37.8 Å². The second kappa shape index (κ2) is 11.5. The van der Waals surface area contributed by atoms with Gasteiger partial charge in [-0.2, -0.15) is 13.2 Å². The summed E-state index contributed by atoms with van der Waals surface area (Å²) in [5.41, 5.74) is 3.36. The van der Waals surface area contributed by atoms with E-state index in [2.05, 4.69) is 35.1 Å². The molecule has 5 aliphatic rings. The highest BCUT2D eigenvalue weighted by Gasteiger charge is 2.64. The van der Waals surface area contributed by atoms with Gasteiger partial charge in [0.25, 0.3) is 0 Å². The summed E-state index contributed by atoms with van der Waals surface area (Å²) >= 11 is 0. The van der Waals surface area contributed by atoms with Crippen LogP contribution in [0.2, 0.25) is 0 Å². The van der Waals surface area contributed by atoms with E-state index in [4.69, 9.17) is 9.47 Å². The third-order valence-electron chi connectivity index (χ3n) is 11.0. The minimum atomic E-state index is -4.74. The van der Waals surface area contributed by atoms with Gasteiger partial charge in [-0.3, -0.25) is 14.4 Å². The molecule has 44 heavy (non-hydrogen) atoms. The first-order valence-electron chi connectivity index (χ1n) is 15.6. The van der Waals surface area contributed by atoms with Crippen LogP contribution in [0, 0.1) is 34.5 Å². The zero-order chi connectivity index (χ0) is 31.3. The highest BCUT2D eigenvalue weighted by molar-refractivity contribution is 5.98. The predicted molar refractivity (Wildman–Crippen MR) is 158 cm³/mol. The predicted octanol–water partition coefficient (Wildman–Crippen LogP) is 6.11. The summed E-state index contributed by atoms with van der Waals surface area (Å²) in [6, 6.07) is 8.26. The SMILES string of the molecule is CC(=O)OCC(=O)[C@@]1(C#CC(F)(F)F)CC[C@H]2[C@@H]3CCC4=CC(=O)C(c5ccc(N6CCOCC6)cc5)CC4=C3CC[C@@]21C. The summed E-state index contributed by atoms with van der Waals surface area (Å²) in [4.78, 5) is 40.7. The zero-order valence-corrected chi connectivity index (χ0v) is 25.2. The molecule has 1 unspecified atom stereocenters. The molecule has 0 spiro atoms. The van der Waals surface area contributed by atoms with Gasteiger partial charge in [0, 0.05) is 31.6 Å². The lowest BCUT2D eigenvalue weighted by Gasteiger charge is -2.51. The number of benzene rings is 1. The van der Waals surface area contributed by atoms with Crippen LogP contribution in [0.1, 0.15) is 70.3 Å². The lowest BCUT2D eigenvalue weighted by atomic mass is 9.51. The van der Waals surface area contributed by atoms with E-state index < -0.39 is 35.4 Å². The first kappa shape index (κ1) is 30.6. The number of rotatable bonds is 5. The van der Waals surface area contributed by atoms with Crippen LogP contribution in [0.5, 0.6) is 0 Å². The van der Waals surface area contributed by atoms with Gasteiger partial charge in [0.1, 0.15) is 0 Å². The molecule has 1 aromatic carbocycles. The molecule has 4 aliphatic carbocycles. The van der Waals surface area contributed by atoms with Crippen molar-refractivity contribution in [1.82, 2.24) is 0 Å². The maximum atomic E-state index is 13.6. The molecule has 0 N–H and O–H groups in total. The molecule has 1 aliphatic heterocycles. The van der Waals surface area contributed by atoms with Crippen LogP contribution in [0.4, 0.5) is 18.9 Å². The van der Waals surface area contributed by atoms with E-state index in [1.807, 2.05) is 13.0 Å². The van der Waals surface area contributed by atoms with E-state index in [9.17, 15) is 27.6 Å². The number of alkyl halides is 3. The Kier molecular flexibility index (Phi) is 8.02. The Bertz CT molecular complexity index is 1480. The number of hydrogen-bond donors (Lipinski definition) is 0. The number of morpholine rings is 1. The lowest BCUT2D eigenvalue weighted by Crippen LogP contribution is -2.50. The zero-order valence-electron chi connectivity index (χ0n) is 25.2. The van der Waals surface area contributed by atoms with Gasteiger partial charge in [-0.05, 0) is 97.1 Å². The van der Waals surface area contributed by atoms with E-state index in [-0.39, 0.29) is 30.0 Å². The second-order valence-corrected chi connectivity index (χ2v) is 13.1. The normalized spacial score (nSPS) is 31.7. The number of anilines is 1. The fraction of sp³-hybridized carbons (Fsp3) is 0.571. The van der Waals surface area contributed by atoms with Crippen molar-refractivity contribution in [3.05, 3.63) is 52.6 Å². The topological polar surface area (TPSA) is 72.9 Å². The Balaban J connectivity index is 1.29. The molecule has 6 rings (SSSR count). The van der Waals surface area contributed by atoms with Crippen molar-refractivity contribution in [2.24, 2.45) is 22.7 Å². The number of allylic oxidation sites excluding steroid dienone is 4. The number of hydrogen-bond acceptors (Lipinski definition) is 6. The number of carbonyl (C=O) groups is 3.